The molecule has 0 saturated carbocycles. The van der Waals surface area contributed by atoms with Crippen molar-refractivity contribution in [2.24, 2.45) is 0 Å². The predicted molar refractivity (Wildman–Crippen MR) is 122 cm³/mol. The molecule has 0 radical (unpaired) electrons. The van der Waals surface area contributed by atoms with Gasteiger partial charge < -0.3 is 9.73 Å². The minimum absolute atomic E-state index is 0.00531. The van der Waals surface area contributed by atoms with E-state index in [1.165, 1.54) is 29.4 Å². The lowest BCUT2D eigenvalue weighted by Gasteiger charge is -2.09. The number of thiazole rings is 1. The van der Waals surface area contributed by atoms with Crippen molar-refractivity contribution < 1.29 is 14.0 Å². The maximum atomic E-state index is 12.7. The quantitative estimate of drug-likeness (QED) is 0.345. The predicted octanol–water partition coefficient (Wildman–Crippen LogP) is 3.87. The van der Waals surface area contributed by atoms with Gasteiger partial charge in [-0.1, -0.05) is 6.92 Å². The molecule has 166 valence electrons. The summed E-state index contributed by atoms with van der Waals surface area (Å²) < 4.78 is 5.05. The van der Waals surface area contributed by atoms with Crippen LogP contribution in [0.4, 0.5) is 10.8 Å². The Morgan fingerprint density at radius 1 is 1.27 bits per heavy atom. The number of amides is 2. The number of aryl methyl sites for hydroxylation is 1. The standard InChI is InChI=1S/C21H17N7O3S2/c1-2-17-25-21(28-27-17)33-16-6-5-12(10-22)8-14(16)24-18(29)9-13-11-32-20(23-13)26-19(30)15-4-3-7-31-15/h3-8,11H,2,9H2,1H3,(H,24,29)(H,23,26,30)(H,25,27,28). The summed E-state index contributed by atoms with van der Waals surface area (Å²) >= 11 is 2.49. The van der Waals surface area contributed by atoms with Crippen molar-refractivity contribution in [2.75, 3.05) is 10.6 Å². The Kier molecular flexibility index (Phi) is 6.82. The van der Waals surface area contributed by atoms with Gasteiger partial charge in [-0.05, 0) is 42.1 Å². The molecule has 4 aromatic rings. The fourth-order valence-electron chi connectivity index (χ4n) is 2.74. The van der Waals surface area contributed by atoms with Crippen LogP contribution in [0.25, 0.3) is 0 Å². The lowest BCUT2D eigenvalue weighted by Crippen LogP contribution is -2.15. The molecule has 0 saturated heterocycles. The Morgan fingerprint density at radius 3 is 2.88 bits per heavy atom. The van der Waals surface area contributed by atoms with E-state index in [9.17, 15) is 14.9 Å². The van der Waals surface area contributed by atoms with Crippen molar-refractivity contribution in [2.45, 2.75) is 29.8 Å². The molecule has 0 atom stereocenters. The summed E-state index contributed by atoms with van der Waals surface area (Å²) in [5, 5.41) is 24.3. The average molecular weight is 480 g/mol. The lowest BCUT2D eigenvalue weighted by molar-refractivity contribution is -0.115. The van der Waals surface area contributed by atoms with Gasteiger partial charge in [0, 0.05) is 16.7 Å². The highest BCUT2D eigenvalue weighted by atomic mass is 32.2. The van der Waals surface area contributed by atoms with Gasteiger partial charge in [0.15, 0.2) is 10.9 Å². The number of aromatic amines is 1. The Balaban J connectivity index is 1.43. The first-order chi connectivity index (χ1) is 16.0. The normalized spacial score (nSPS) is 10.5. The van der Waals surface area contributed by atoms with Crippen LogP contribution in [0.1, 0.15) is 34.6 Å². The van der Waals surface area contributed by atoms with Crippen LogP contribution in [0.5, 0.6) is 0 Å². The molecule has 10 nitrogen and oxygen atoms in total. The van der Waals surface area contributed by atoms with Crippen LogP contribution in [0.15, 0.2) is 56.4 Å². The van der Waals surface area contributed by atoms with Gasteiger partial charge in [0.2, 0.25) is 11.1 Å². The first kappa shape index (κ1) is 22.3. The Bertz CT molecular complexity index is 1320. The first-order valence-electron chi connectivity index (χ1n) is 9.76. The zero-order valence-electron chi connectivity index (χ0n) is 17.3. The molecule has 3 aromatic heterocycles. The van der Waals surface area contributed by atoms with Crippen LogP contribution in [0, 0.1) is 11.3 Å². The molecule has 0 spiro atoms. The van der Waals surface area contributed by atoms with E-state index in [0.717, 1.165) is 12.2 Å². The Morgan fingerprint density at radius 2 is 2.15 bits per heavy atom. The number of aromatic nitrogens is 4. The zero-order chi connectivity index (χ0) is 23.2. The third kappa shape index (κ3) is 5.65. The lowest BCUT2D eigenvalue weighted by atomic mass is 10.2. The van der Waals surface area contributed by atoms with Crippen LogP contribution < -0.4 is 10.6 Å². The zero-order valence-corrected chi connectivity index (χ0v) is 18.9. The number of H-pyrrole nitrogens is 1. The molecule has 12 heteroatoms. The minimum atomic E-state index is -0.418. The van der Waals surface area contributed by atoms with Crippen molar-refractivity contribution in [3.8, 4) is 6.07 Å². The van der Waals surface area contributed by atoms with E-state index in [4.69, 9.17) is 4.42 Å². The molecule has 1 aromatic carbocycles. The largest absolute Gasteiger partial charge is 0.459 e. The van der Waals surface area contributed by atoms with Crippen LogP contribution in [-0.2, 0) is 17.6 Å². The molecule has 0 aliphatic carbocycles. The van der Waals surface area contributed by atoms with E-state index >= 15 is 0 Å². The van der Waals surface area contributed by atoms with E-state index in [0.29, 0.717) is 32.1 Å². The molecule has 0 bridgehead atoms. The van der Waals surface area contributed by atoms with Gasteiger partial charge in [-0.2, -0.15) is 5.26 Å². The first-order valence-corrected chi connectivity index (χ1v) is 11.5. The summed E-state index contributed by atoms with van der Waals surface area (Å²) in [5.41, 5.74) is 1.39. The van der Waals surface area contributed by atoms with Crippen molar-refractivity contribution in [3.05, 3.63) is 64.8 Å². The second-order valence-electron chi connectivity index (χ2n) is 6.64. The van der Waals surface area contributed by atoms with E-state index in [-0.39, 0.29) is 18.1 Å². The SMILES string of the molecule is CCc1nc(Sc2ccc(C#N)cc2NC(=O)Cc2csc(NC(=O)c3ccco3)n2)n[nH]1. The second-order valence-corrected chi connectivity index (χ2v) is 8.51. The topological polar surface area (TPSA) is 150 Å². The Labute approximate surface area is 196 Å². The fraction of sp³-hybridized carbons (Fsp3) is 0.143. The summed E-state index contributed by atoms with van der Waals surface area (Å²) in [4.78, 5) is 34.1. The van der Waals surface area contributed by atoms with Crippen LogP contribution in [-0.4, -0.2) is 32.0 Å². The number of nitrogens with zero attached hydrogens (tertiary/aromatic N) is 4. The number of benzene rings is 1. The van der Waals surface area contributed by atoms with Crippen LogP contribution >= 0.6 is 23.1 Å². The van der Waals surface area contributed by atoms with Gasteiger partial charge in [0.1, 0.15) is 5.82 Å². The van der Waals surface area contributed by atoms with E-state index in [1.54, 1.807) is 35.7 Å². The molecule has 2 amide bonds. The Hall–Kier alpha value is -3.95. The molecular formula is C21H17N7O3S2. The van der Waals surface area contributed by atoms with E-state index in [1.807, 2.05) is 6.92 Å². The van der Waals surface area contributed by atoms with Crippen LogP contribution in [0.3, 0.4) is 0 Å². The highest BCUT2D eigenvalue weighted by Crippen LogP contribution is 2.32. The molecule has 3 heterocycles. The third-order valence-corrected chi connectivity index (χ3v) is 6.04. The van der Waals surface area contributed by atoms with E-state index < -0.39 is 5.91 Å². The molecule has 4 rings (SSSR count). The monoisotopic (exact) mass is 479 g/mol. The molecular weight excluding hydrogens is 462 g/mol. The van der Waals surface area contributed by atoms with Crippen molar-refractivity contribution in [1.82, 2.24) is 20.2 Å². The molecule has 3 N–H and O–H groups in total. The summed E-state index contributed by atoms with van der Waals surface area (Å²) in [5.74, 6) is 0.198. The van der Waals surface area contributed by atoms with Gasteiger partial charge in [0.25, 0.3) is 5.91 Å². The molecule has 0 aliphatic rings. The highest BCUT2D eigenvalue weighted by molar-refractivity contribution is 7.99. The van der Waals surface area contributed by atoms with Gasteiger partial charge >= 0.3 is 0 Å². The molecule has 0 aliphatic heterocycles. The van der Waals surface area contributed by atoms with Crippen molar-refractivity contribution >= 4 is 45.7 Å². The second kappa shape index (κ2) is 10.1. The van der Waals surface area contributed by atoms with Gasteiger partial charge in [-0.3, -0.25) is 20.0 Å². The van der Waals surface area contributed by atoms with Crippen molar-refractivity contribution in [3.63, 3.8) is 0 Å². The molecule has 0 unspecified atom stereocenters. The van der Waals surface area contributed by atoms with Gasteiger partial charge in [-0.25, -0.2) is 9.97 Å². The van der Waals surface area contributed by atoms with Gasteiger partial charge in [0.05, 0.1) is 35.7 Å². The molecule has 0 fully saturated rings. The third-order valence-electron chi connectivity index (χ3n) is 4.29. The number of rotatable bonds is 8. The number of carbonyl (C=O) groups excluding carboxylic acids is 2. The summed E-state index contributed by atoms with van der Waals surface area (Å²) in [6.45, 7) is 1.97. The van der Waals surface area contributed by atoms with E-state index in [2.05, 4.69) is 36.9 Å². The number of hydrogen-bond donors (Lipinski definition) is 3. The highest BCUT2D eigenvalue weighted by Gasteiger charge is 2.15. The minimum Gasteiger partial charge on any atom is -0.459 e. The molecule has 33 heavy (non-hydrogen) atoms. The summed E-state index contributed by atoms with van der Waals surface area (Å²) in [6.07, 6.45) is 2.13. The van der Waals surface area contributed by atoms with Crippen LogP contribution in [0.2, 0.25) is 0 Å². The van der Waals surface area contributed by atoms with Crippen molar-refractivity contribution in [1.29, 1.82) is 5.26 Å². The fourth-order valence-corrected chi connectivity index (χ4v) is 4.24. The number of nitriles is 1. The maximum absolute atomic E-state index is 12.7. The summed E-state index contributed by atoms with van der Waals surface area (Å²) in [7, 11) is 0. The average Bonchev–Trinajstić information content (AvgIpc) is 3.57. The number of nitrogens with one attached hydrogen (secondary N) is 3. The number of furan rings is 1. The number of carbonyl (C=O) groups is 2. The summed E-state index contributed by atoms with van der Waals surface area (Å²) in [6, 6.07) is 10.2. The number of hydrogen-bond acceptors (Lipinski definition) is 9. The maximum Gasteiger partial charge on any atom is 0.293 e. The van der Waals surface area contributed by atoms with Gasteiger partial charge in [-0.15, -0.1) is 16.4 Å². The smallest absolute Gasteiger partial charge is 0.293 e. The number of anilines is 2.